The molecule has 2 fully saturated rings. The van der Waals surface area contributed by atoms with Crippen molar-refractivity contribution in [2.45, 2.75) is 43.4 Å². The van der Waals surface area contributed by atoms with Crippen molar-refractivity contribution in [1.82, 2.24) is 10.2 Å². The number of hydrogen-bond acceptors (Lipinski definition) is 2. The van der Waals surface area contributed by atoms with Crippen molar-refractivity contribution in [3.63, 3.8) is 0 Å². The molecule has 1 aliphatic heterocycles. The van der Waals surface area contributed by atoms with E-state index in [1.807, 2.05) is 0 Å². The summed E-state index contributed by atoms with van der Waals surface area (Å²) in [5.74, 6) is -1.35. The highest BCUT2D eigenvalue weighted by molar-refractivity contribution is 5.68. The molecule has 2 N–H and O–H groups in total. The zero-order valence-electron chi connectivity index (χ0n) is 12.9. The fraction of sp³-hybridized carbons (Fsp3) is 0.562. The fourth-order valence-corrected chi connectivity index (χ4v) is 3.43. The lowest BCUT2D eigenvalue weighted by Crippen LogP contribution is -2.46. The summed E-state index contributed by atoms with van der Waals surface area (Å²) in [5, 5.41) is 12.7. The monoisotopic (exact) mass is 346 g/mol. The smallest absolute Gasteiger partial charge is 0.419 e. The summed E-state index contributed by atoms with van der Waals surface area (Å²) in [4.78, 5) is 12.9. The van der Waals surface area contributed by atoms with Gasteiger partial charge in [-0.15, -0.1) is 0 Å². The van der Waals surface area contributed by atoms with E-state index in [1.165, 1.54) is 11.0 Å². The first-order valence-corrected chi connectivity index (χ1v) is 7.85. The van der Waals surface area contributed by atoms with Crippen LogP contribution in [0.2, 0.25) is 0 Å². The number of rotatable bonds is 4. The Kier molecular flexibility index (Phi) is 4.19. The highest BCUT2D eigenvalue weighted by Gasteiger charge is 2.53. The third-order valence-electron chi connectivity index (χ3n) is 4.85. The third kappa shape index (κ3) is 3.07. The van der Waals surface area contributed by atoms with E-state index >= 15 is 0 Å². The number of alkyl halides is 3. The number of benzene rings is 1. The van der Waals surface area contributed by atoms with Crippen LogP contribution in [0, 0.1) is 5.82 Å². The van der Waals surface area contributed by atoms with Gasteiger partial charge >= 0.3 is 12.3 Å². The lowest BCUT2D eigenvalue weighted by Gasteiger charge is -2.32. The molecular formula is C16H18F4N2O2. The maximum Gasteiger partial charge on any atom is 0.419 e. The maximum atomic E-state index is 13.5. The molecule has 0 bridgehead atoms. The van der Waals surface area contributed by atoms with E-state index in [4.69, 9.17) is 0 Å². The van der Waals surface area contributed by atoms with Gasteiger partial charge in [-0.05, 0) is 49.9 Å². The van der Waals surface area contributed by atoms with E-state index < -0.39 is 29.2 Å². The Morgan fingerprint density at radius 1 is 1.38 bits per heavy atom. The van der Waals surface area contributed by atoms with Crippen LogP contribution in [-0.4, -0.2) is 35.2 Å². The second kappa shape index (κ2) is 5.91. The van der Waals surface area contributed by atoms with Gasteiger partial charge in [-0.1, -0.05) is 6.07 Å². The minimum atomic E-state index is -4.81. The van der Waals surface area contributed by atoms with Gasteiger partial charge in [0.05, 0.1) is 11.1 Å². The quantitative estimate of drug-likeness (QED) is 0.820. The Morgan fingerprint density at radius 3 is 2.58 bits per heavy atom. The Balaban J connectivity index is 1.92. The lowest BCUT2D eigenvalue weighted by atomic mass is 9.99. The maximum absolute atomic E-state index is 13.5. The van der Waals surface area contributed by atoms with Crippen LogP contribution in [0.1, 0.15) is 36.8 Å². The zero-order valence-corrected chi connectivity index (χ0v) is 12.9. The van der Waals surface area contributed by atoms with Crippen molar-refractivity contribution < 1.29 is 27.5 Å². The van der Waals surface area contributed by atoms with Crippen LogP contribution in [-0.2, 0) is 11.7 Å². The SMILES string of the molecule is O=C(O)N(CC1CCCN1)C1(c2ccc(F)c(C(F)(F)F)c2)CC1. The van der Waals surface area contributed by atoms with E-state index in [0.717, 1.165) is 31.5 Å². The molecule has 24 heavy (non-hydrogen) atoms. The number of halogens is 4. The predicted octanol–water partition coefficient (Wildman–Crippen LogP) is 3.57. The Hall–Kier alpha value is -1.83. The van der Waals surface area contributed by atoms with Gasteiger partial charge in [-0.3, -0.25) is 4.90 Å². The molecule has 8 heteroatoms. The second-order valence-electron chi connectivity index (χ2n) is 6.41. The molecule has 0 aromatic heterocycles. The number of nitrogens with one attached hydrogen (secondary N) is 1. The van der Waals surface area contributed by atoms with Crippen molar-refractivity contribution in [2.24, 2.45) is 0 Å². The summed E-state index contributed by atoms with van der Waals surface area (Å²) in [6.07, 6.45) is -3.32. The Bertz CT molecular complexity index is 637. The first-order valence-electron chi connectivity index (χ1n) is 7.85. The Labute approximate surface area is 136 Å². The summed E-state index contributed by atoms with van der Waals surface area (Å²) in [6, 6.07) is 2.78. The van der Waals surface area contributed by atoms with Crippen molar-refractivity contribution in [1.29, 1.82) is 0 Å². The molecule has 1 saturated carbocycles. The molecular weight excluding hydrogens is 328 g/mol. The summed E-state index contributed by atoms with van der Waals surface area (Å²) < 4.78 is 52.3. The highest BCUT2D eigenvalue weighted by Crippen LogP contribution is 2.52. The highest BCUT2D eigenvalue weighted by atomic mass is 19.4. The molecule has 1 aromatic carbocycles. The molecule has 0 spiro atoms. The van der Waals surface area contributed by atoms with Crippen LogP contribution in [0.25, 0.3) is 0 Å². The summed E-state index contributed by atoms with van der Waals surface area (Å²) in [6.45, 7) is 1.02. The van der Waals surface area contributed by atoms with Crippen LogP contribution in [0.4, 0.5) is 22.4 Å². The normalized spacial score (nSPS) is 22.4. The molecule has 4 nitrogen and oxygen atoms in total. The minimum absolute atomic E-state index is 0.00103. The summed E-state index contributed by atoms with van der Waals surface area (Å²) in [5.41, 5.74) is -2.13. The number of carboxylic acid groups (broad SMARTS) is 1. The van der Waals surface area contributed by atoms with Gasteiger partial charge in [0.25, 0.3) is 0 Å². The van der Waals surface area contributed by atoms with E-state index in [2.05, 4.69) is 5.32 Å². The Morgan fingerprint density at radius 2 is 2.08 bits per heavy atom. The van der Waals surface area contributed by atoms with Crippen molar-refractivity contribution in [3.8, 4) is 0 Å². The first-order chi connectivity index (χ1) is 11.2. The van der Waals surface area contributed by atoms with Gasteiger partial charge in [-0.25, -0.2) is 9.18 Å². The molecule has 2 aliphatic rings. The predicted molar refractivity (Wildman–Crippen MR) is 78.1 cm³/mol. The molecule has 1 heterocycles. The molecule has 132 valence electrons. The number of nitrogens with zero attached hydrogens (tertiary/aromatic N) is 1. The number of hydrogen-bond donors (Lipinski definition) is 2. The zero-order chi connectivity index (χ0) is 17.5. The van der Waals surface area contributed by atoms with Crippen molar-refractivity contribution in [3.05, 3.63) is 35.1 Å². The molecule has 1 saturated heterocycles. The molecule has 3 rings (SSSR count). The molecule has 1 amide bonds. The standard InChI is InChI=1S/C16H18F4N2O2/c17-13-4-3-10(8-12(13)16(18,19)20)15(5-6-15)22(14(23)24)9-11-2-1-7-21-11/h3-4,8,11,21H,1-2,5-7,9H2,(H,23,24). The lowest BCUT2D eigenvalue weighted by molar-refractivity contribution is -0.140. The van der Waals surface area contributed by atoms with Gasteiger partial charge in [-0.2, -0.15) is 13.2 Å². The van der Waals surface area contributed by atoms with Crippen LogP contribution in [0.15, 0.2) is 18.2 Å². The van der Waals surface area contributed by atoms with Gasteiger partial charge < -0.3 is 10.4 Å². The third-order valence-corrected chi connectivity index (χ3v) is 4.85. The average Bonchev–Trinajstić information content (AvgIpc) is 3.12. The minimum Gasteiger partial charge on any atom is -0.465 e. The summed E-state index contributed by atoms with van der Waals surface area (Å²) >= 11 is 0. The van der Waals surface area contributed by atoms with Gasteiger partial charge in [0, 0.05) is 12.6 Å². The van der Waals surface area contributed by atoms with Crippen LogP contribution in [0.5, 0.6) is 0 Å². The van der Waals surface area contributed by atoms with Crippen molar-refractivity contribution in [2.75, 3.05) is 13.1 Å². The largest absolute Gasteiger partial charge is 0.465 e. The van der Waals surface area contributed by atoms with E-state index in [9.17, 15) is 27.5 Å². The van der Waals surface area contributed by atoms with E-state index in [-0.39, 0.29) is 18.2 Å². The van der Waals surface area contributed by atoms with E-state index in [0.29, 0.717) is 12.8 Å². The topological polar surface area (TPSA) is 52.6 Å². The molecule has 1 unspecified atom stereocenters. The van der Waals surface area contributed by atoms with Gasteiger partial charge in [0.1, 0.15) is 5.82 Å². The summed E-state index contributed by atoms with van der Waals surface area (Å²) in [7, 11) is 0. The number of carbonyl (C=O) groups is 1. The molecule has 1 aromatic rings. The van der Waals surface area contributed by atoms with Crippen LogP contribution in [0.3, 0.4) is 0 Å². The number of amides is 1. The van der Waals surface area contributed by atoms with E-state index in [1.54, 1.807) is 0 Å². The second-order valence-corrected chi connectivity index (χ2v) is 6.41. The van der Waals surface area contributed by atoms with Crippen molar-refractivity contribution >= 4 is 6.09 Å². The van der Waals surface area contributed by atoms with Crippen LogP contribution >= 0.6 is 0 Å². The fourth-order valence-electron chi connectivity index (χ4n) is 3.43. The van der Waals surface area contributed by atoms with Crippen LogP contribution < -0.4 is 5.32 Å². The molecule has 1 atom stereocenters. The average molecular weight is 346 g/mol. The molecule has 0 radical (unpaired) electrons. The first kappa shape index (κ1) is 17.0. The molecule has 1 aliphatic carbocycles. The van der Waals surface area contributed by atoms with Gasteiger partial charge in [0.2, 0.25) is 0 Å². The van der Waals surface area contributed by atoms with Gasteiger partial charge in [0.15, 0.2) is 0 Å².